The lowest BCUT2D eigenvalue weighted by Crippen LogP contribution is -2.43. The van der Waals surface area contributed by atoms with Crippen LogP contribution in [-0.4, -0.2) is 29.8 Å². The summed E-state index contributed by atoms with van der Waals surface area (Å²) in [5.74, 6) is 1.12. The van der Waals surface area contributed by atoms with Gasteiger partial charge in [0.15, 0.2) is 0 Å². The number of fused-ring (bicyclic) bond motifs is 1. The topological polar surface area (TPSA) is 58.6 Å². The molecular formula is C18H27NO3. The molecule has 0 aliphatic carbocycles. The third kappa shape index (κ3) is 4.47. The van der Waals surface area contributed by atoms with Gasteiger partial charge in [-0.05, 0) is 38.2 Å². The average molecular weight is 305 g/mol. The van der Waals surface area contributed by atoms with Gasteiger partial charge in [-0.25, -0.2) is 0 Å². The fraction of sp³-hybridized carbons (Fsp3) is 0.611. The van der Waals surface area contributed by atoms with Gasteiger partial charge in [-0.3, -0.25) is 4.79 Å². The Hall–Kier alpha value is -1.55. The van der Waals surface area contributed by atoms with Crippen LogP contribution in [0, 0.1) is 5.92 Å². The zero-order chi connectivity index (χ0) is 16.2. The molecule has 22 heavy (non-hydrogen) atoms. The molecule has 1 aromatic rings. The second kappa shape index (κ2) is 7.14. The molecule has 0 saturated carbocycles. The maximum absolute atomic E-state index is 12.5. The molecule has 1 aromatic carbocycles. The maximum Gasteiger partial charge on any atom is 0.227 e. The molecule has 0 aromatic heterocycles. The van der Waals surface area contributed by atoms with Crippen LogP contribution >= 0.6 is 0 Å². The Balaban J connectivity index is 1.93. The standard InChI is InChI=1S/C18H27NO3/c1-13(2)8-10-18(3,21)12-19-17(20)15-9-11-22-16-7-5-4-6-14(15)16/h4-7,13,15,21H,8-12H2,1-3H3,(H,19,20)/t15-,18-/m1/s1. The van der Waals surface area contributed by atoms with E-state index in [9.17, 15) is 9.90 Å². The van der Waals surface area contributed by atoms with Crippen molar-refractivity contribution in [1.29, 1.82) is 0 Å². The van der Waals surface area contributed by atoms with E-state index in [1.807, 2.05) is 24.3 Å². The Bertz CT molecular complexity index is 511. The fourth-order valence-electron chi connectivity index (χ4n) is 2.70. The van der Waals surface area contributed by atoms with Crippen molar-refractivity contribution in [2.24, 2.45) is 5.92 Å². The summed E-state index contributed by atoms with van der Waals surface area (Å²) in [5.41, 5.74) is 0.0815. The van der Waals surface area contributed by atoms with Crippen molar-refractivity contribution in [3.8, 4) is 5.75 Å². The van der Waals surface area contributed by atoms with Gasteiger partial charge in [0.05, 0.1) is 18.1 Å². The zero-order valence-electron chi connectivity index (χ0n) is 13.8. The van der Waals surface area contributed by atoms with Crippen LogP contribution in [0.3, 0.4) is 0 Å². The lowest BCUT2D eigenvalue weighted by Gasteiger charge is -2.28. The molecule has 2 rings (SSSR count). The summed E-state index contributed by atoms with van der Waals surface area (Å²) >= 11 is 0. The van der Waals surface area contributed by atoms with Gasteiger partial charge in [0.2, 0.25) is 5.91 Å². The highest BCUT2D eigenvalue weighted by Gasteiger charge is 2.29. The number of ether oxygens (including phenoxy) is 1. The molecule has 1 aliphatic rings. The first-order valence-corrected chi connectivity index (χ1v) is 8.11. The van der Waals surface area contributed by atoms with Crippen LogP contribution in [0.2, 0.25) is 0 Å². The molecule has 0 unspecified atom stereocenters. The fourth-order valence-corrected chi connectivity index (χ4v) is 2.70. The predicted molar refractivity (Wildman–Crippen MR) is 87.0 cm³/mol. The molecule has 0 saturated heterocycles. The molecule has 2 atom stereocenters. The third-order valence-electron chi connectivity index (χ3n) is 4.18. The smallest absolute Gasteiger partial charge is 0.227 e. The predicted octanol–water partition coefficient (Wildman–Crippen LogP) is 2.86. The van der Waals surface area contributed by atoms with Gasteiger partial charge in [-0.2, -0.15) is 0 Å². The molecule has 4 heteroatoms. The van der Waals surface area contributed by atoms with Crippen molar-refractivity contribution < 1.29 is 14.6 Å². The molecule has 1 amide bonds. The van der Waals surface area contributed by atoms with Crippen LogP contribution in [0.25, 0.3) is 0 Å². The van der Waals surface area contributed by atoms with Crippen molar-refractivity contribution in [1.82, 2.24) is 5.32 Å². The maximum atomic E-state index is 12.5. The number of rotatable bonds is 6. The molecule has 0 spiro atoms. The number of carbonyl (C=O) groups is 1. The van der Waals surface area contributed by atoms with Gasteiger partial charge in [-0.15, -0.1) is 0 Å². The van der Waals surface area contributed by atoms with Crippen LogP contribution in [0.15, 0.2) is 24.3 Å². The van der Waals surface area contributed by atoms with Crippen molar-refractivity contribution in [3.05, 3.63) is 29.8 Å². The SMILES string of the molecule is CC(C)CC[C@@](C)(O)CNC(=O)[C@@H]1CCOc2ccccc21. The lowest BCUT2D eigenvalue weighted by molar-refractivity contribution is -0.124. The van der Waals surface area contributed by atoms with Gasteiger partial charge in [-0.1, -0.05) is 32.0 Å². The molecule has 122 valence electrons. The monoisotopic (exact) mass is 305 g/mol. The molecule has 1 heterocycles. The van der Waals surface area contributed by atoms with Crippen LogP contribution in [0.1, 0.15) is 51.5 Å². The van der Waals surface area contributed by atoms with E-state index < -0.39 is 5.60 Å². The highest BCUT2D eigenvalue weighted by molar-refractivity contribution is 5.84. The van der Waals surface area contributed by atoms with Crippen LogP contribution in [0.4, 0.5) is 0 Å². The summed E-state index contributed by atoms with van der Waals surface area (Å²) in [6.45, 7) is 6.89. The van der Waals surface area contributed by atoms with Crippen LogP contribution in [0.5, 0.6) is 5.75 Å². The Morgan fingerprint density at radius 3 is 2.91 bits per heavy atom. The summed E-state index contributed by atoms with van der Waals surface area (Å²) in [7, 11) is 0. The van der Waals surface area contributed by atoms with Gasteiger partial charge >= 0.3 is 0 Å². The van der Waals surface area contributed by atoms with Crippen LogP contribution in [-0.2, 0) is 4.79 Å². The molecule has 0 radical (unpaired) electrons. The van der Waals surface area contributed by atoms with Crippen molar-refractivity contribution in [2.45, 2.75) is 51.6 Å². The summed E-state index contributed by atoms with van der Waals surface area (Å²) in [6, 6.07) is 7.67. The highest BCUT2D eigenvalue weighted by atomic mass is 16.5. The van der Waals surface area contributed by atoms with Crippen LogP contribution < -0.4 is 10.1 Å². The summed E-state index contributed by atoms with van der Waals surface area (Å²) < 4.78 is 5.58. The van der Waals surface area contributed by atoms with Crippen molar-refractivity contribution in [3.63, 3.8) is 0 Å². The number of carbonyl (C=O) groups excluding carboxylic acids is 1. The lowest BCUT2D eigenvalue weighted by atomic mass is 9.91. The van der Waals surface area contributed by atoms with Gasteiger partial charge in [0, 0.05) is 12.1 Å². The Kier molecular flexibility index (Phi) is 5.46. The number of hydrogen-bond acceptors (Lipinski definition) is 3. The molecule has 4 nitrogen and oxygen atoms in total. The molecular weight excluding hydrogens is 278 g/mol. The number of hydrogen-bond donors (Lipinski definition) is 2. The number of benzene rings is 1. The number of aliphatic hydroxyl groups is 1. The van der Waals surface area contributed by atoms with E-state index in [-0.39, 0.29) is 18.4 Å². The Morgan fingerprint density at radius 2 is 2.18 bits per heavy atom. The second-order valence-electron chi connectivity index (χ2n) is 6.87. The van der Waals surface area contributed by atoms with Gasteiger partial charge in [0.25, 0.3) is 0 Å². The minimum Gasteiger partial charge on any atom is -0.493 e. The van der Waals surface area contributed by atoms with E-state index in [1.54, 1.807) is 6.92 Å². The minimum absolute atomic E-state index is 0.0272. The molecule has 1 aliphatic heterocycles. The van der Waals surface area contributed by atoms with E-state index in [1.165, 1.54) is 0 Å². The normalized spacial score (nSPS) is 20.0. The van der Waals surface area contributed by atoms with E-state index in [0.29, 0.717) is 25.4 Å². The number of amides is 1. The van der Waals surface area contributed by atoms with E-state index in [2.05, 4.69) is 19.2 Å². The largest absolute Gasteiger partial charge is 0.493 e. The summed E-state index contributed by atoms with van der Waals surface area (Å²) in [6.07, 6.45) is 2.31. The molecule has 2 N–H and O–H groups in total. The highest BCUT2D eigenvalue weighted by Crippen LogP contribution is 2.33. The van der Waals surface area contributed by atoms with E-state index >= 15 is 0 Å². The minimum atomic E-state index is -0.857. The molecule has 0 fully saturated rings. The third-order valence-corrected chi connectivity index (χ3v) is 4.18. The van der Waals surface area contributed by atoms with Crippen molar-refractivity contribution >= 4 is 5.91 Å². The summed E-state index contributed by atoms with van der Waals surface area (Å²) in [4.78, 5) is 12.5. The first kappa shape index (κ1) is 16.8. The Morgan fingerprint density at radius 1 is 1.45 bits per heavy atom. The first-order valence-electron chi connectivity index (χ1n) is 8.11. The summed E-state index contributed by atoms with van der Waals surface area (Å²) in [5, 5.41) is 13.3. The van der Waals surface area contributed by atoms with Gasteiger partial charge in [0.1, 0.15) is 5.75 Å². The quantitative estimate of drug-likeness (QED) is 0.849. The van der Waals surface area contributed by atoms with E-state index in [0.717, 1.165) is 17.7 Å². The first-order chi connectivity index (χ1) is 10.4. The van der Waals surface area contributed by atoms with E-state index in [4.69, 9.17) is 4.74 Å². The van der Waals surface area contributed by atoms with Gasteiger partial charge < -0.3 is 15.2 Å². The number of nitrogens with one attached hydrogen (secondary N) is 1. The van der Waals surface area contributed by atoms with Crippen molar-refractivity contribution in [2.75, 3.05) is 13.2 Å². The zero-order valence-corrected chi connectivity index (χ0v) is 13.8. The molecule has 0 bridgehead atoms. The second-order valence-corrected chi connectivity index (χ2v) is 6.87. The Labute approximate surface area is 132 Å². The number of para-hydroxylation sites is 1. The average Bonchev–Trinajstić information content (AvgIpc) is 2.50.